The Kier molecular flexibility index (Phi) is 4.61. The molecule has 3 heterocycles. The largest absolute Gasteiger partial charge is 0.394 e. The van der Waals surface area contributed by atoms with Crippen molar-refractivity contribution < 1.29 is 14.6 Å². The Bertz CT molecular complexity index is 796. The lowest BCUT2D eigenvalue weighted by Crippen LogP contribution is -2.49. The highest BCUT2D eigenvalue weighted by Gasteiger charge is 2.37. The van der Waals surface area contributed by atoms with E-state index in [-0.39, 0.29) is 18.6 Å². The van der Waals surface area contributed by atoms with Crippen molar-refractivity contribution in [1.82, 2.24) is 9.88 Å². The van der Waals surface area contributed by atoms with Crippen LogP contribution in [-0.2, 0) is 11.2 Å². The molecule has 2 aromatic rings. The van der Waals surface area contributed by atoms with Crippen molar-refractivity contribution in [3.05, 3.63) is 59.3 Å². The maximum Gasteiger partial charge on any atom is 0.273 e. The molecule has 0 saturated carbocycles. The molecule has 136 valence electrons. The van der Waals surface area contributed by atoms with Gasteiger partial charge in [0.25, 0.3) is 5.91 Å². The minimum atomic E-state index is -0.438. The van der Waals surface area contributed by atoms with Gasteiger partial charge in [-0.05, 0) is 23.6 Å². The van der Waals surface area contributed by atoms with Crippen LogP contribution >= 0.6 is 0 Å². The van der Waals surface area contributed by atoms with Gasteiger partial charge in [0.15, 0.2) is 0 Å². The molecular formula is C20H23N3O3. The molecule has 0 radical (unpaired) electrons. The molecule has 26 heavy (non-hydrogen) atoms. The number of pyridine rings is 1. The van der Waals surface area contributed by atoms with Crippen molar-refractivity contribution in [2.24, 2.45) is 0 Å². The van der Waals surface area contributed by atoms with Gasteiger partial charge in [0, 0.05) is 20.1 Å². The molecule has 0 unspecified atom stereocenters. The average molecular weight is 353 g/mol. The molecule has 0 bridgehead atoms. The van der Waals surface area contributed by atoms with Crippen LogP contribution in [0, 0.1) is 0 Å². The molecule has 6 nitrogen and oxygen atoms in total. The molecule has 1 amide bonds. The van der Waals surface area contributed by atoms with E-state index in [2.05, 4.69) is 9.88 Å². The van der Waals surface area contributed by atoms with Crippen LogP contribution in [0.4, 0.5) is 5.82 Å². The Hall–Kier alpha value is -2.44. The molecule has 2 atom stereocenters. The van der Waals surface area contributed by atoms with Gasteiger partial charge in [-0.25, -0.2) is 4.98 Å². The monoisotopic (exact) mass is 353 g/mol. The molecule has 1 aromatic carbocycles. The fraction of sp³-hybridized carbons (Fsp3) is 0.400. The van der Waals surface area contributed by atoms with Gasteiger partial charge in [0.1, 0.15) is 17.6 Å². The maximum absolute atomic E-state index is 13.3. The van der Waals surface area contributed by atoms with Crippen LogP contribution < -0.4 is 4.90 Å². The van der Waals surface area contributed by atoms with Crippen molar-refractivity contribution in [1.29, 1.82) is 0 Å². The highest BCUT2D eigenvalue weighted by molar-refractivity contribution is 5.93. The van der Waals surface area contributed by atoms with Crippen LogP contribution in [-0.4, -0.2) is 60.4 Å². The third kappa shape index (κ3) is 2.95. The summed E-state index contributed by atoms with van der Waals surface area (Å²) in [4.78, 5) is 21.7. The fourth-order valence-electron chi connectivity index (χ4n) is 3.82. The number of carbonyl (C=O) groups is 1. The molecule has 1 fully saturated rings. The molecule has 6 heteroatoms. The summed E-state index contributed by atoms with van der Waals surface area (Å²) in [5, 5.41) is 9.77. The lowest BCUT2D eigenvalue weighted by molar-refractivity contribution is -0.0812. The number of likely N-dealkylation sites (N-methyl/N-ethyl adjacent to an activating group) is 1. The number of amides is 1. The second kappa shape index (κ2) is 7.05. The number of nitrogens with zero attached hydrogens (tertiary/aromatic N) is 3. The molecule has 1 aromatic heterocycles. The van der Waals surface area contributed by atoms with Gasteiger partial charge in [-0.15, -0.1) is 0 Å². The summed E-state index contributed by atoms with van der Waals surface area (Å²) in [6, 6.07) is 13.2. The predicted octanol–water partition coefficient (Wildman–Crippen LogP) is 1.65. The Morgan fingerprint density at radius 3 is 2.81 bits per heavy atom. The third-order valence-corrected chi connectivity index (χ3v) is 5.19. The van der Waals surface area contributed by atoms with Crippen LogP contribution in [0.25, 0.3) is 0 Å². The Morgan fingerprint density at radius 1 is 1.23 bits per heavy atom. The van der Waals surface area contributed by atoms with E-state index in [4.69, 9.17) is 4.74 Å². The van der Waals surface area contributed by atoms with Crippen molar-refractivity contribution in [3.8, 4) is 0 Å². The molecular weight excluding hydrogens is 330 g/mol. The first kappa shape index (κ1) is 17.0. The minimum Gasteiger partial charge on any atom is -0.394 e. The number of hydrogen-bond donors (Lipinski definition) is 1. The quantitative estimate of drug-likeness (QED) is 0.909. The number of rotatable bonds is 3. The second-order valence-electron chi connectivity index (χ2n) is 6.80. The zero-order valence-electron chi connectivity index (χ0n) is 14.8. The molecule has 1 saturated heterocycles. The number of carbonyl (C=O) groups excluding carboxylic acids is 1. The molecule has 4 rings (SSSR count). The summed E-state index contributed by atoms with van der Waals surface area (Å²) in [6.45, 7) is 1.68. The molecule has 0 spiro atoms. The molecule has 0 aliphatic carbocycles. The van der Waals surface area contributed by atoms with Crippen molar-refractivity contribution in [3.63, 3.8) is 0 Å². The van der Waals surface area contributed by atoms with Crippen molar-refractivity contribution in [2.75, 3.05) is 38.3 Å². The second-order valence-corrected chi connectivity index (χ2v) is 6.80. The smallest absolute Gasteiger partial charge is 0.273 e. The molecule has 2 aliphatic heterocycles. The zero-order valence-corrected chi connectivity index (χ0v) is 14.8. The van der Waals surface area contributed by atoms with E-state index in [0.29, 0.717) is 18.8 Å². The minimum absolute atomic E-state index is 0.122. The van der Waals surface area contributed by atoms with Gasteiger partial charge in [-0.1, -0.05) is 36.4 Å². The van der Waals surface area contributed by atoms with Gasteiger partial charge >= 0.3 is 0 Å². The fourth-order valence-corrected chi connectivity index (χ4v) is 3.82. The molecule has 1 N–H and O–H groups in total. The van der Waals surface area contributed by atoms with E-state index in [1.54, 1.807) is 4.90 Å². The maximum atomic E-state index is 13.3. The van der Waals surface area contributed by atoms with Gasteiger partial charge in [-0.2, -0.15) is 0 Å². The summed E-state index contributed by atoms with van der Waals surface area (Å²) >= 11 is 0. The number of aliphatic hydroxyl groups is 1. The third-order valence-electron chi connectivity index (χ3n) is 5.19. The van der Waals surface area contributed by atoms with Gasteiger partial charge in [0.05, 0.1) is 19.3 Å². The highest BCUT2D eigenvalue weighted by Crippen LogP contribution is 2.31. The Labute approximate surface area is 153 Å². The Morgan fingerprint density at radius 2 is 2.04 bits per heavy atom. The van der Waals surface area contributed by atoms with Crippen LogP contribution in [0.5, 0.6) is 0 Å². The van der Waals surface area contributed by atoms with E-state index < -0.39 is 6.10 Å². The SMILES string of the molecule is CN1CCc2ccc(C(=O)N3CCO[C@@H](CO)[C@@H]3c3ccccc3)nc21. The number of aromatic nitrogens is 1. The summed E-state index contributed by atoms with van der Waals surface area (Å²) in [5.74, 6) is 0.766. The number of anilines is 1. The highest BCUT2D eigenvalue weighted by atomic mass is 16.5. The summed E-state index contributed by atoms with van der Waals surface area (Å²) in [7, 11) is 2.00. The van der Waals surface area contributed by atoms with Gasteiger partial charge in [-0.3, -0.25) is 4.79 Å². The first-order valence-electron chi connectivity index (χ1n) is 8.98. The van der Waals surface area contributed by atoms with E-state index >= 15 is 0 Å². The van der Waals surface area contributed by atoms with Crippen molar-refractivity contribution in [2.45, 2.75) is 18.6 Å². The summed E-state index contributed by atoms with van der Waals surface area (Å²) < 4.78 is 5.73. The first-order valence-corrected chi connectivity index (χ1v) is 8.98. The van der Waals surface area contributed by atoms with Crippen LogP contribution in [0.2, 0.25) is 0 Å². The van der Waals surface area contributed by atoms with Crippen LogP contribution in [0.1, 0.15) is 27.7 Å². The zero-order chi connectivity index (χ0) is 18.1. The van der Waals surface area contributed by atoms with E-state index in [0.717, 1.165) is 24.3 Å². The van der Waals surface area contributed by atoms with E-state index in [1.807, 2.05) is 49.5 Å². The average Bonchev–Trinajstić information content (AvgIpc) is 3.07. The lowest BCUT2D eigenvalue weighted by Gasteiger charge is -2.40. The normalized spacial score (nSPS) is 22.4. The number of aliphatic hydroxyl groups excluding tert-OH is 1. The van der Waals surface area contributed by atoms with Gasteiger partial charge in [0.2, 0.25) is 0 Å². The molecule has 2 aliphatic rings. The van der Waals surface area contributed by atoms with Crippen LogP contribution in [0.3, 0.4) is 0 Å². The van der Waals surface area contributed by atoms with Crippen molar-refractivity contribution >= 4 is 11.7 Å². The Balaban J connectivity index is 1.68. The lowest BCUT2D eigenvalue weighted by atomic mass is 9.98. The number of fused-ring (bicyclic) bond motifs is 1. The predicted molar refractivity (Wildman–Crippen MR) is 98.3 cm³/mol. The number of ether oxygens (including phenoxy) is 1. The van der Waals surface area contributed by atoms with Crippen LogP contribution in [0.15, 0.2) is 42.5 Å². The van der Waals surface area contributed by atoms with Gasteiger partial charge < -0.3 is 19.6 Å². The summed E-state index contributed by atoms with van der Waals surface area (Å²) in [5.41, 5.74) is 2.58. The standard InChI is InChI=1S/C20H23N3O3/c1-22-10-9-15-7-8-16(21-19(15)22)20(25)23-11-12-26-17(13-24)18(23)14-5-3-2-4-6-14/h2-8,17-18,24H,9-13H2,1H3/t17-,18-/m0/s1. The number of morpholine rings is 1. The van der Waals surface area contributed by atoms with E-state index in [1.165, 1.54) is 5.56 Å². The topological polar surface area (TPSA) is 65.9 Å². The number of benzene rings is 1. The first-order chi connectivity index (χ1) is 12.7. The number of hydrogen-bond acceptors (Lipinski definition) is 5. The summed E-state index contributed by atoms with van der Waals surface area (Å²) in [6.07, 6.45) is 0.525. The van der Waals surface area contributed by atoms with E-state index in [9.17, 15) is 9.90 Å².